The predicted octanol–water partition coefficient (Wildman–Crippen LogP) is 3.35. The van der Waals surface area contributed by atoms with Crippen LogP contribution in [0.25, 0.3) is 11.0 Å². The van der Waals surface area contributed by atoms with E-state index in [0.29, 0.717) is 37.2 Å². The van der Waals surface area contributed by atoms with Crippen LogP contribution in [0.4, 0.5) is 0 Å². The van der Waals surface area contributed by atoms with E-state index in [0.717, 1.165) is 28.0 Å². The largest absolute Gasteiger partial charge is 0.484 e. The lowest BCUT2D eigenvalue weighted by Crippen LogP contribution is -2.47. The number of aromatic nitrogens is 2. The second kappa shape index (κ2) is 9.34. The SMILES string of the molecule is Cc1ccc(OCC(=O)NC2CCN(C(=O)c3ccc4nc(C)c(C)nc4c3)CC2)cc1. The van der Waals surface area contributed by atoms with E-state index in [2.05, 4.69) is 15.3 Å². The van der Waals surface area contributed by atoms with Crippen molar-refractivity contribution in [2.75, 3.05) is 19.7 Å². The molecule has 1 aliphatic rings. The fourth-order valence-corrected chi connectivity index (χ4v) is 3.83. The quantitative estimate of drug-likeness (QED) is 0.668. The lowest BCUT2D eigenvalue weighted by molar-refractivity contribution is -0.124. The fraction of sp³-hybridized carbons (Fsp3) is 0.360. The Morgan fingerprint density at radius 3 is 2.31 bits per heavy atom. The molecule has 0 atom stereocenters. The van der Waals surface area contributed by atoms with E-state index in [9.17, 15) is 9.59 Å². The summed E-state index contributed by atoms with van der Waals surface area (Å²) in [6.45, 7) is 7.03. The Morgan fingerprint density at radius 1 is 0.969 bits per heavy atom. The summed E-state index contributed by atoms with van der Waals surface area (Å²) in [7, 11) is 0. The van der Waals surface area contributed by atoms with Gasteiger partial charge in [-0.25, -0.2) is 9.97 Å². The van der Waals surface area contributed by atoms with Gasteiger partial charge in [-0.1, -0.05) is 17.7 Å². The first-order valence-corrected chi connectivity index (χ1v) is 10.9. The standard InChI is InChI=1S/C25H28N4O3/c1-16-4-7-21(8-5-16)32-15-24(30)28-20-10-12-29(13-11-20)25(31)19-6-9-22-23(14-19)27-18(3)17(2)26-22/h4-9,14,20H,10-13,15H2,1-3H3,(H,28,30). The number of likely N-dealkylation sites (tertiary alicyclic amines) is 1. The lowest BCUT2D eigenvalue weighted by Gasteiger charge is -2.32. The van der Waals surface area contributed by atoms with E-state index < -0.39 is 0 Å². The highest BCUT2D eigenvalue weighted by molar-refractivity contribution is 5.97. The van der Waals surface area contributed by atoms with Gasteiger partial charge in [0, 0.05) is 24.7 Å². The molecule has 1 aromatic heterocycles. The Bertz CT molecular complexity index is 1140. The second-order valence-corrected chi connectivity index (χ2v) is 8.33. The number of ether oxygens (including phenoxy) is 1. The first-order chi connectivity index (χ1) is 15.4. The first-order valence-electron chi connectivity index (χ1n) is 10.9. The van der Waals surface area contributed by atoms with Crippen LogP contribution in [0.2, 0.25) is 0 Å². The second-order valence-electron chi connectivity index (χ2n) is 8.33. The molecule has 0 unspecified atom stereocenters. The molecule has 0 bridgehead atoms. The van der Waals surface area contributed by atoms with Crippen molar-refractivity contribution >= 4 is 22.8 Å². The molecule has 1 fully saturated rings. The van der Waals surface area contributed by atoms with Crippen molar-refractivity contribution in [3.05, 3.63) is 65.0 Å². The van der Waals surface area contributed by atoms with E-state index in [1.54, 1.807) is 0 Å². The zero-order chi connectivity index (χ0) is 22.7. The van der Waals surface area contributed by atoms with Crippen molar-refractivity contribution in [2.45, 2.75) is 39.7 Å². The number of piperidine rings is 1. The molecule has 2 heterocycles. The summed E-state index contributed by atoms with van der Waals surface area (Å²) in [5, 5.41) is 3.02. The molecule has 2 amide bonds. The fourth-order valence-electron chi connectivity index (χ4n) is 3.83. The maximum Gasteiger partial charge on any atom is 0.258 e. The number of hydrogen-bond donors (Lipinski definition) is 1. The van der Waals surface area contributed by atoms with Gasteiger partial charge in [-0.05, 0) is 63.9 Å². The number of benzene rings is 2. The van der Waals surface area contributed by atoms with Crippen molar-refractivity contribution in [3.8, 4) is 5.75 Å². The predicted molar refractivity (Wildman–Crippen MR) is 123 cm³/mol. The number of nitrogens with zero attached hydrogens (tertiary/aromatic N) is 3. The molecule has 2 aromatic carbocycles. The third-order valence-electron chi connectivity index (χ3n) is 5.86. The third kappa shape index (κ3) is 5.04. The number of rotatable bonds is 5. The maximum absolute atomic E-state index is 13.0. The highest BCUT2D eigenvalue weighted by Gasteiger charge is 2.25. The van der Waals surface area contributed by atoms with Gasteiger partial charge in [0.25, 0.3) is 11.8 Å². The highest BCUT2D eigenvalue weighted by atomic mass is 16.5. The van der Waals surface area contributed by atoms with Gasteiger partial charge in [0.1, 0.15) is 5.75 Å². The van der Waals surface area contributed by atoms with Crippen LogP contribution in [-0.2, 0) is 4.79 Å². The summed E-state index contributed by atoms with van der Waals surface area (Å²) >= 11 is 0. The molecule has 1 aliphatic heterocycles. The summed E-state index contributed by atoms with van der Waals surface area (Å²) in [6, 6.07) is 13.1. The number of aryl methyl sites for hydroxylation is 3. The summed E-state index contributed by atoms with van der Waals surface area (Å²) < 4.78 is 5.54. The van der Waals surface area contributed by atoms with Gasteiger partial charge in [-0.2, -0.15) is 0 Å². The van der Waals surface area contributed by atoms with Crippen molar-refractivity contribution in [1.29, 1.82) is 0 Å². The third-order valence-corrected chi connectivity index (χ3v) is 5.86. The van der Waals surface area contributed by atoms with Crippen LogP contribution in [0, 0.1) is 20.8 Å². The number of fused-ring (bicyclic) bond motifs is 1. The minimum Gasteiger partial charge on any atom is -0.484 e. The monoisotopic (exact) mass is 432 g/mol. The van der Waals surface area contributed by atoms with Gasteiger partial charge < -0.3 is 15.0 Å². The Balaban J connectivity index is 1.29. The van der Waals surface area contributed by atoms with Crippen LogP contribution in [0.1, 0.15) is 40.2 Å². The average Bonchev–Trinajstić information content (AvgIpc) is 2.79. The van der Waals surface area contributed by atoms with Crippen molar-refractivity contribution < 1.29 is 14.3 Å². The molecule has 32 heavy (non-hydrogen) atoms. The van der Waals surface area contributed by atoms with E-state index in [1.807, 2.05) is 68.1 Å². The van der Waals surface area contributed by atoms with Gasteiger partial charge in [-0.3, -0.25) is 9.59 Å². The molecular formula is C25H28N4O3. The maximum atomic E-state index is 13.0. The normalized spacial score (nSPS) is 14.4. The molecule has 7 nitrogen and oxygen atoms in total. The van der Waals surface area contributed by atoms with Gasteiger partial charge >= 0.3 is 0 Å². The smallest absolute Gasteiger partial charge is 0.258 e. The Morgan fingerprint density at radius 2 is 1.62 bits per heavy atom. The summed E-state index contributed by atoms with van der Waals surface area (Å²) in [6.07, 6.45) is 1.43. The zero-order valence-electron chi connectivity index (χ0n) is 18.7. The molecule has 1 saturated heterocycles. The number of carbonyl (C=O) groups is 2. The van der Waals surface area contributed by atoms with Crippen molar-refractivity contribution in [3.63, 3.8) is 0 Å². The summed E-state index contributed by atoms with van der Waals surface area (Å²) in [5.74, 6) is 0.519. The van der Waals surface area contributed by atoms with Gasteiger partial charge in [0.2, 0.25) is 0 Å². The molecule has 0 saturated carbocycles. The van der Waals surface area contributed by atoms with Crippen LogP contribution >= 0.6 is 0 Å². The molecule has 3 aromatic rings. The van der Waals surface area contributed by atoms with Crippen LogP contribution in [-0.4, -0.2) is 52.4 Å². The van der Waals surface area contributed by atoms with Crippen molar-refractivity contribution in [1.82, 2.24) is 20.2 Å². The summed E-state index contributed by atoms with van der Waals surface area (Å²) in [4.78, 5) is 36.1. The van der Waals surface area contributed by atoms with Crippen LogP contribution < -0.4 is 10.1 Å². The zero-order valence-corrected chi connectivity index (χ0v) is 18.7. The summed E-state index contributed by atoms with van der Waals surface area (Å²) in [5.41, 5.74) is 5.04. The van der Waals surface area contributed by atoms with Crippen LogP contribution in [0.5, 0.6) is 5.75 Å². The van der Waals surface area contributed by atoms with Crippen LogP contribution in [0.3, 0.4) is 0 Å². The number of nitrogens with one attached hydrogen (secondary N) is 1. The number of amides is 2. The average molecular weight is 433 g/mol. The molecule has 1 N–H and O–H groups in total. The van der Waals surface area contributed by atoms with Gasteiger partial charge in [0.15, 0.2) is 6.61 Å². The minimum atomic E-state index is -0.144. The topological polar surface area (TPSA) is 84.4 Å². The van der Waals surface area contributed by atoms with E-state index in [4.69, 9.17) is 4.74 Å². The first kappa shape index (κ1) is 21.7. The Kier molecular flexibility index (Phi) is 6.35. The van der Waals surface area contributed by atoms with E-state index >= 15 is 0 Å². The molecular weight excluding hydrogens is 404 g/mol. The Labute approximate surface area is 187 Å². The van der Waals surface area contributed by atoms with Gasteiger partial charge in [-0.15, -0.1) is 0 Å². The Hall–Kier alpha value is -3.48. The van der Waals surface area contributed by atoms with E-state index in [-0.39, 0.29) is 24.5 Å². The van der Waals surface area contributed by atoms with Crippen molar-refractivity contribution in [2.24, 2.45) is 0 Å². The molecule has 166 valence electrons. The van der Waals surface area contributed by atoms with Gasteiger partial charge in [0.05, 0.1) is 22.4 Å². The molecule has 0 aliphatic carbocycles. The lowest BCUT2D eigenvalue weighted by atomic mass is 10.0. The number of carbonyl (C=O) groups excluding carboxylic acids is 2. The molecule has 0 radical (unpaired) electrons. The highest BCUT2D eigenvalue weighted by Crippen LogP contribution is 2.18. The molecule has 7 heteroatoms. The molecule has 0 spiro atoms. The van der Waals surface area contributed by atoms with Crippen LogP contribution in [0.15, 0.2) is 42.5 Å². The molecule has 4 rings (SSSR count). The number of hydrogen-bond acceptors (Lipinski definition) is 5. The minimum absolute atomic E-state index is 0.0144. The van der Waals surface area contributed by atoms with E-state index in [1.165, 1.54) is 0 Å².